The highest BCUT2D eigenvalue weighted by atomic mass is 16.7. The van der Waals surface area contributed by atoms with Gasteiger partial charge in [0.1, 0.15) is 6.26 Å². The van der Waals surface area contributed by atoms with Gasteiger partial charge in [0.2, 0.25) is 0 Å². The second kappa shape index (κ2) is 3.62. The van der Waals surface area contributed by atoms with E-state index in [1.54, 1.807) is 6.26 Å². The monoisotopic (exact) mass is 175 g/mol. The molecule has 0 N–H and O–H groups in total. The second-order valence-corrected chi connectivity index (χ2v) is 3.02. The van der Waals surface area contributed by atoms with Crippen molar-refractivity contribution in [2.45, 2.75) is 13.0 Å². The summed E-state index contributed by atoms with van der Waals surface area (Å²) in [5.41, 5.74) is 1.28. The first-order valence-electron chi connectivity index (χ1n) is 4.57. The molecule has 2 nitrogen and oxygen atoms in total. The van der Waals surface area contributed by atoms with Gasteiger partial charge in [-0.3, -0.25) is 0 Å². The molecule has 0 fully saturated rings. The van der Waals surface area contributed by atoms with Crippen LogP contribution in [0.4, 0.5) is 0 Å². The van der Waals surface area contributed by atoms with Gasteiger partial charge in [0.15, 0.2) is 0 Å². The molecule has 0 spiro atoms. The molecule has 0 amide bonds. The Labute approximate surface area is 78.4 Å². The van der Waals surface area contributed by atoms with E-state index >= 15 is 0 Å². The van der Waals surface area contributed by atoms with Crippen LogP contribution >= 0.6 is 0 Å². The molecule has 1 aliphatic rings. The molecule has 2 rings (SSSR count). The highest BCUT2D eigenvalue weighted by Gasteiger charge is 2.20. The molecule has 1 unspecified atom stereocenters. The van der Waals surface area contributed by atoms with Crippen molar-refractivity contribution in [2.24, 2.45) is 0 Å². The number of benzene rings is 1. The highest BCUT2D eigenvalue weighted by molar-refractivity contribution is 5.23. The maximum Gasteiger partial charge on any atom is 0.109 e. The first-order chi connectivity index (χ1) is 6.42. The van der Waals surface area contributed by atoms with Gasteiger partial charge in [-0.25, -0.2) is 0 Å². The lowest BCUT2D eigenvalue weighted by Crippen LogP contribution is -2.21. The molecule has 1 aliphatic heterocycles. The fraction of sp³-hybridized carbons (Fsp3) is 0.273. The van der Waals surface area contributed by atoms with E-state index in [1.165, 1.54) is 5.56 Å². The van der Waals surface area contributed by atoms with Crippen molar-refractivity contribution in [3.63, 3.8) is 0 Å². The zero-order valence-corrected chi connectivity index (χ0v) is 7.68. The minimum absolute atomic E-state index is 0.284. The van der Waals surface area contributed by atoms with Gasteiger partial charge >= 0.3 is 0 Å². The lowest BCUT2D eigenvalue weighted by Gasteiger charge is -2.20. The number of nitrogens with zero attached hydrogens (tertiary/aromatic N) is 1. The Morgan fingerprint density at radius 2 is 2.08 bits per heavy atom. The average molecular weight is 175 g/mol. The highest BCUT2D eigenvalue weighted by Crippen LogP contribution is 2.26. The Morgan fingerprint density at radius 3 is 2.77 bits per heavy atom. The van der Waals surface area contributed by atoms with Crippen LogP contribution in [0.3, 0.4) is 0 Å². The summed E-state index contributed by atoms with van der Waals surface area (Å²) in [6.07, 6.45) is 3.82. The molecule has 0 aromatic heterocycles. The summed E-state index contributed by atoms with van der Waals surface area (Å²) in [7, 11) is 0. The molecule has 1 aromatic carbocycles. The van der Waals surface area contributed by atoms with Crippen molar-refractivity contribution in [1.29, 1.82) is 0 Å². The molecule has 1 heterocycles. The molecule has 1 atom stereocenters. The van der Waals surface area contributed by atoms with E-state index in [-0.39, 0.29) is 6.04 Å². The van der Waals surface area contributed by atoms with E-state index in [0.29, 0.717) is 0 Å². The van der Waals surface area contributed by atoms with Crippen LogP contribution in [0.1, 0.15) is 18.5 Å². The van der Waals surface area contributed by atoms with Gasteiger partial charge in [-0.15, -0.1) is 5.06 Å². The van der Waals surface area contributed by atoms with E-state index in [4.69, 9.17) is 4.84 Å². The van der Waals surface area contributed by atoms with Crippen LogP contribution in [0.25, 0.3) is 0 Å². The standard InChI is InChI=1S/C11H13NO/c1-2-12-11(8-9-13-12)10-6-4-3-5-7-10/h3-9,11H,2H2,1H3. The Bertz CT molecular complexity index is 294. The van der Waals surface area contributed by atoms with Crippen molar-refractivity contribution < 1.29 is 4.84 Å². The summed E-state index contributed by atoms with van der Waals surface area (Å²) >= 11 is 0. The van der Waals surface area contributed by atoms with Gasteiger partial charge in [-0.05, 0) is 18.6 Å². The minimum Gasteiger partial charge on any atom is -0.413 e. The van der Waals surface area contributed by atoms with Gasteiger partial charge in [-0.1, -0.05) is 30.3 Å². The van der Waals surface area contributed by atoms with Gasteiger partial charge in [0.05, 0.1) is 6.04 Å². The van der Waals surface area contributed by atoms with Crippen LogP contribution in [0.2, 0.25) is 0 Å². The van der Waals surface area contributed by atoms with Crippen molar-refractivity contribution in [3.05, 3.63) is 48.2 Å². The third kappa shape index (κ3) is 1.58. The Morgan fingerprint density at radius 1 is 1.31 bits per heavy atom. The number of hydrogen-bond donors (Lipinski definition) is 0. The Hall–Kier alpha value is -1.28. The zero-order chi connectivity index (χ0) is 9.10. The fourth-order valence-electron chi connectivity index (χ4n) is 1.55. The van der Waals surface area contributed by atoms with Gasteiger partial charge in [0.25, 0.3) is 0 Å². The van der Waals surface area contributed by atoms with Crippen molar-refractivity contribution in [2.75, 3.05) is 6.54 Å². The topological polar surface area (TPSA) is 12.5 Å². The molecule has 0 bridgehead atoms. The van der Waals surface area contributed by atoms with Crippen molar-refractivity contribution in [1.82, 2.24) is 5.06 Å². The van der Waals surface area contributed by atoms with E-state index in [2.05, 4.69) is 37.3 Å². The molecule has 1 aromatic rings. The molecule has 0 radical (unpaired) electrons. The lowest BCUT2D eigenvalue weighted by molar-refractivity contribution is -0.100. The van der Waals surface area contributed by atoms with E-state index in [1.807, 2.05) is 11.1 Å². The smallest absolute Gasteiger partial charge is 0.109 e. The summed E-state index contributed by atoms with van der Waals surface area (Å²) in [6, 6.07) is 10.6. The van der Waals surface area contributed by atoms with E-state index in [0.717, 1.165) is 6.54 Å². The maximum absolute atomic E-state index is 5.32. The fourth-order valence-corrected chi connectivity index (χ4v) is 1.55. The molecule has 0 aliphatic carbocycles. The molecular formula is C11H13NO. The van der Waals surface area contributed by atoms with E-state index < -0.39 is 0 Å². The molecule has 0 saturated heterocycles. The van der Waals surface area contributed by atoms with E-state index in [9.17, 15) is 0 Å². The second-order valence-electron chi connectivity index (χ2n) is 3.02. The lowest BCUT2D eigenvalue weighted by atomic mass is 10.1. The quantitative estimate of drug-likeness (QED) is 0.684. The first-order valence-corrected chi connectivity index (χ1v) is 4.57. The average Bonchev–Trinajstić information content (AvgIpc) is 2.67. The third-order valence-electron chi connectivity index (χ3n) is 2.22. The maximum atomic E-state index is 5.32. The first kappa shape index (κ1) is 8.32. The molecule has 13 heavy (non-hydrogen) atoms. The van der Waals surface area contributed by atoms with Gasteiger partial charge in [0, 0.05) is 6.54 Å². The van der Waals surface area contributed by atoms with Crippen LogP contribution in [-0.2, 0) is 4.84 Å². The summed E-state index contributed by atoms with van der Waals surface area (Å²) in [5.74, 6) is 0. The number of hydrogen-bond acceptors (Lipinski definition) is 2. The summed E-state index contributed by atoms with van der Waals surface area (Å²) in [6.45, 7) is 2.98. The van der Waals surface area contributed by atoms with Crippen LogP contribution < -0.4 is 0 Å². The predicted octanol–water partition coefficient (Wildman–Crippen LogP) is 2.51. The minimum atomic E-state index is 0.284. The SMILES string of the molecule is CCN1OC=CC1c1ccccc1. The summed E-state index contributed by atoms with van der Waals surface area (Å²) in [4.78, 5) is 5.32. The Balaban J connectivity index is 2.21. The largest absolute Gasteiger partial charge is 0.413 e. The van der Waals surface area contributed by atoms with Crippen LogP contribution in [-0.4, -0.2) is 11.6 Å². The van der Waals surface area contributed by atoms with Crippen molar-refractivity contribution in [3.8, 4) is 0 Å². The number of rotatable bonds is 2. The normalized spacial score (nSPS) is 21.8. The number of hydroxylamine groups is 2. The third-order valence-corrected chi connectivity index (χ3v) is 2.22. The van der Waals surface area contributed by atoms with Crippen LogP contribution in [0.5, 0.6) is 0 Å². The number of likely N-dealkylation sites (N-methyl/N-ethyl adjacent to an activating group) is 1. The zero-order valence-electron chi connectivity index (χ0n) is 7.68. The summed E-state index contributed by atoms with van der Waals surface area (Å²) in [5, 5.41) is 1.95. The summed E-state index contributed by atoms with van der Waals surface area (Å²) < 4.78 is 0. The van der Waals surface area contributed by atoms with Gasteiger partial charge in [-0.2, -0.15) is 0 Å². The van der Waals surface area contributed by atoms with Gasteiger partial charge < -0.3 is 4.84 Å². The predicted molar refractivity (Wildman–Crippen MR) is 51.8 cm³/mol. The Kier molecular flexibility index (Phi) is 2.32. The van der Waals surface area contributed by atoms with Crippen LogP contribution in [0.15, 0.2) is 42.7 Å². The molecular weight excluding hydrogens is 162 g/mol. The molecule has 68 valence electrons. The van der Waals surface area contributed by atoms with Crippen LogP contribution in [0, 0.1) is 0 Å². The molecule has 0 saturated carbocycles. The molecule has 2 heteroatoms. The van der Waals surface area contributed by atoms with Crippen molar-refractivity contribution >= 4 is 0 Å².